The van der Waals surface area contributed by atoms with Gasteiger partial charge in [0.2, 0.25) is 11.8 Å². The Morgan fingerprint density at radius 1 is 1.07 bits per heavy atom. The molecule has 0 spiro atoms. The zero-order valence-electron chi connectivity index (χ0n) is 15.7. The molecule has 3 atom stereocenters. The first kappa shape index (κ1) is 18.6. The number of likely N-dealkylation sites (tertiary alicyclic amines) is 1. The number of benzene rings is 1. The number of para-hydroxylation sites is 1. The van der Waals surface area contributed by atoms with E-state index in [1.165, 1.54) is 0 Å². The molecular formula is C21H25N5O2. The molecule has 0 radical (unpaired) electrons. The van der Waals surface area contributed by atoms with Crippen LogP contribution in [0.2, 0.25) is 0 Å². The van der Waals surface area contributed by atoms with Crippen LogP contribution >= 0.6 is 0 Å². The van der Waals surface area contributed by atoms with E-state index in [2.05, 4.69) is 21.2 Å². The van der Waals surface area contributed by atoms with Gasteiger partial charge in [0.05, 0.1) is 17.7 Å². The zero-order chi connectivity index (χ0) is 19.3. The number of amides is 2. The highest BCUT2D eigenvalue weighted by molar-refractivity contribution is 5.93. The maximum Gasteiger partial charge on any atom is 0.241 e. The Hall–Kier alpha value is -2.77. The number of piperidine rings is 1. The van der Waals surface area contributed by atoms with E-state index in [1.54, 1.807) is 6.20 Å². The fraction of sp³-hybridized carbons (Fsp3) is 0.381. The Morgan fingerprint density at radius 3 is 2.68 bits per heavy atom. The minimum Gasteiger partial charge on any atom is -0.341 e. The van der Waals surface area contributed by atoms with E-state index in [9.17, 15) is 9.59 Å². The van der Waals surface area contributed by atoms with E-state index in [0.717, 1.165) is 24.2 Å². The Labute approximate surface area is 164 Å². The number of carbonyl (C=O) groups is 2. The quantitative estimate of drug-likeness (QED) is 0.755. The number of nitrogens with zero attached hydrogens (tertiary/aromatic N) is 2. The summed E-state index contributed by atoms with van der Waals surface area (Å²) in [5.41, 5.74) is 7.98. The second-order valence-corrected chi connectivity index (χ2v) is 7.36. The maximum atomic E-state index is 13.0. The summed E-state index contributed by atoms with van der Waals surface area (Å²) in [7, 11) is 0. The van der Waals surface area contributed by atoms with Gasteiger partial charge in [-0.05, 0) is 43.5 Å². The number of rotatable bonds is 4. The fourth-order valence-electron chi connectivity index (χ4n) is 3.87. The number of aromatic nitrogens is 1. The number of carbonyl (C=O) groups excluding carboxylic acids is 2. The molecule has 7 heteroatoms. The van der Waals surface area contributed by atoms with Gasteiger partial charge >= 0.3 is 0 Å². The van der Waals surface area contributed by atoms with Crippen LogP contribution in [0.4, 0.5) is 5.69 Å². The molecule has 2 amide bonds. The monoisotopic (exact) mass is 379 g/mol. The van der Waals surface area contributed by atoms with Crippen molar-refractivity contribution in [1.82, 2.24) is 20.7 Å². The Balaban J connectivity index is 1.34. The van der Waals surface area contributed by atoms with Crippen molar-refractivity contribution in [2.45, 2.75) is 31.3 Å². The molecule has 146 valence electrons. The van der Waals surface area contributed by atoms with Gasteiger partial charge in [0, 0.05) is 25.0 Å². The second-order valence-electron chi connectivity index (χ2n) is 7.36. The van der Waals surface area contributed by atoms with E-state index in [-0.39, 0.29) is 29.8 Å². The number of pyridine rings is 1. The predicted molar refractivity (Wildman–Crippen MR) is 106 cm³/mol. The third-order valence-corrected chi connectivity index (χ3v) is 5.39. The highest BCUT2D eigenvalue weighted by Crippen LogP contribution is 2.24. The van der Waals surface area contributed by atoms with Crippen molar-refractivity contribution in [2.75, 3.05) is 18.4 Å². The van der Waals surface area contributed by atoms with Crippen molar-refractivity contribution in [1.29, 1.82) is 0 Å². The van der Waals surface area contributed by atoms with E-state index in [1.807, 2.05) is 53.4 Å². The molecule has 3 heterocycles. The summed E-state index contributed by atoms with van der Waals surface area (Å²) in [6, 6.07) is 14.9. The number of nitrogens with one attached hydrogen (secondary N) is 3. The molecule has 2 aliphatic rings. The largest absolute Gasteiger partial charge is 0.341 e. The van der Waals surface area contributed by atoms with Gasteiger partial charge in [-0.2, -0.15) is 0 Å². The third kappa shape index (κ3) is 4.21. The first-order valence-electron chi connectivity index (χ1n) is 9.77. The first-order chi connectivity index (χ1) is 13.7. The molecule has 1 aromatic carbocycles. The lowest BCUT2D eigenvalue weighted by Crippen LogP contribution is -2.50. The van der Waals surface area contributed by atoms with Crippen LogP contribution in [-0.2, 0) is 9.59 Å². The normalized spacial score (nSPS) is 24.7. The van der Waals surface area contributed by atoms with Crippen LogP contribution in [0, 0.1) is 5.92 Å². The van der Waals surface area contributed by atoms with Crippen LogP contribution in [0.25, 0.3) is 0 Å². The van der Waals surface area contributed by atoms with E-state index in [0.29, 0.717) is 19.5 Å². The average Bonchev–Trinajstić information content (AvgIpc) is 3.25. The summed E-state index contributed by atoms with van der Waals surface area (Å²) >= 11 is 0. The molecule has 2 fully saturated rings. The molecule has 2 saturated heterocycles. The van der Waals surface area contributed by atoms with Crippen LogP contribution in [-0.4, -0.2) is 40.8 Å². The Kier molecular flexibility index (Phi) is 5.64. The molecule has 0 aliphatic carbocycles. The van der Waals surface area contributed by atoms with Crippen molar-refractivity contribution in [2.24, 2.45) is 5.92 Å². The van der Waals surface area contributed by atoms with Gasteiger partial charge in [0.25, 0.3) is 0 Å². The molecule has 0 saturated carbocycles. The van der Waals surface area contributed by atoms with Gasteiger partial charge in [-0.1, -0.05) is 24.3 Å². The summed E-state index contributed by atoms with van der Waals surface area (Å²) in [5.74, 6) is -0.158. The van der Waals surface area contributed by atoms with Gasteiger partial charge in [0.15, 0.2) is 0 Å². The lowest BCUT2D eigenvalue weighted by molar-refractivity contribution is -0.136. The predicted octanol–water partition coefficient (Wildman–Crippen LogP) is 1.87. The number of hydrogen-bond donors (Lipinski definition) is 3. The lowest BCUT2D eigenvalue weighted by atomic mass is 9.96. The van der Waals surface area contributed by atoms with Crippen LogP contribution in [0.1, 0.15) is 31.0 Å². The summed E-state index contributed by atoms with van der Waals surface area (Å²) in [6.45, 7) is 1.16. The second kappa shape index (κ2) is 8.50. The fourth-order valence-corrected chi connectivity index (χ4v) is 3.87. The number of anilines is 1. The van der Waals surface area contributed by atoms with Gasteiger partial charge in [-0.3, -0.25) is 14.6 Å². The van der Waals surface area contributed by atoms with Crippen LogP contribution in [0.15, 0.2) is 54.7 Å². The van der Waals surface area contributed by atoms with Crippen molar-refractivity contribution in [3.63, 3.8) is 0 Å². The SMILES string of the molecule is O=C(Nc1ccccc1)C1CCCN(C(=O)C2CC(c3ccccn3)NN2)C1. The summed E-state index contributed by atoms with van der Waals surface area (Å²) in [5, 5.41) is 2.96. The van der Waals surface area contributed by atoms with Crippen molar-refractivity contribution < 1.29 is 9.59 Å². The zero-order valence-corrected chi connectivity index (χ0v) is 15.7. The highest BCUT2D eigenvalue weighted by atomic mass is 16.2. The summed E-state index contributed by atoms with van der Waals surface area (Å²) < 4.78 is 0. The van der Waals surface area contributed by atoms with Crippen molar-refractivity contribution >= 4 is 17.5 Å². The van der Waals surface area contributed by atoms with E-state index < -0.39 is 0 Å². The molecule has 2 aromatic rings. The molecule has 3 N–H and O–H groups in total. The standard InChI is InChI=1S/C21H25N5O2/c27-20(23-16-8-2-1-3-9-16)15-7-6-12-26(14-15)21(28)19-13-18(24-25-19)17-10-4-5-11-22-17/h1-5,8-11,15,18-19,24-25H,6-7,12-14H2,(H,23,27). The minimum absolute atomic E-state index is 0.0112. The van der Waals surface area contributed by atoms with Crippen LogP contribution < -0.4 is 16.2 Å². The molecule has 3 unspecified atom stereocenters. The van der Waals surface area contributed by atoms with Gasteiger partial charge in [0.1, 0.15) is 6.04 Å². The van der Waals surface area contributed by atoms with Crippen LogP contribution in [0.3, 0.4) is 0 Å². The van der Waals surface area contributed by atoms with Crippen molar-refractivity contribution in [3.8, 4) is 0 Å². The smallest absolute Gasteiger partial charge is 0.241 e. The molecule has 0 bridgehead atoms. The third-order valence-electron chi connectivity index (χ3n) is 5.39. The van der Waals surface area contributed by atoms with Crippen LogP contribution in [0.5, 0.6) is 0 Å². The number of hydrazine groups is 1. The average molecular weight is 379 g/mol. The van der Waals surface area contributed by atoms with E-state index >= 15 is 0 Å². The minimum atomic E-state index is -0.303. The molecule has 2 aliphatic heterocycles. The topological polar surface area (TPSA) is 86.4 Å². The maximum absolute atomic E-state index is 13.0. The summed E-state index contributed by atoms with van der Waals surface area (Å²) in [4.78, 5) is 31.8. The number of hydrogen-bond acceptors (Lipinski definition) is 5. The van der Waals surface area contributed by atoms with Crippen molar-refractivity contribution in [3.05, 3.63) is 60.4 Å². The van der Waals surface area contributed by atoms with Gasteiger partial charge in [-0.15, -0.1) is 0 Å². The highest BCUT2D eigenvalue weighted by Gasteiger charge is 2.36. The Bertz CT molecular complexity index is 814. The molecule has 28 heavy (non-hydrogen) atoms. The van der Waals surface area contributed by atoms with Gasteiger partial charge < -0.3 is 10.2 Å². The van der Waals surface area contributed by atoms with E-state index in [4.69, 9.17) is 0 Å². The molecular weight excluding hydrogens is 354 g/mol. The molecule has 4 rings (SSSR count). The molecule has 1 aromatic heterocycles. The Morgan fingerprint density at radius 2 is 1.89 bits per heavy atom. The molecule has 7 nitrogen and oxygen atoms in total. The lowest BCUT2D eigenvalue weighted by Gasteiger charge is -2.33. The first-order valence-corrected chi connectivity index (χ1v) is 9.77. The van der Waals surface area contributed by atoms with Gasteiger partial charge in [-0.25, -0.2) is 10.9 Å². The summed E-state index contributed by atoms with van der Waals surface area (Å²) in [6.07, 6.45) is 4.04.